The summed E-state index contributed by atoms with van der Waals surface area (Å²) in [6.45, 7) is 4.62. The number of carbonyl (C=O) groups is 1. The normalized spacial score (nSPS) is 41.3. The van der Waals surface area contributed by atoms with Gasteiger partial charge in [-0.05, 0) is 72.6 Å². The van der Waals surface area contributed by atoms with Crippen LogP contribution in [0.2, 0.25) is 0 Å². The molecule has 0 heterocycles. The van der Waals surface area contributed by atoms with E-state index >= 15 is 0 Å². The van der Waals surface area contributed by atoms with Crippen LogP contribution in [0.4, 0.5) is 0 Å². The zero-order chi connectivity index (χ0) is 14.8. The Labute approximate surface area is 126 Å². The molecule has 4 atom stereocenters. The molecule has 3 aliphatic carbocycles. The highest BCUT2D eigenvalue weighted by Crippen LogP contribution is 2.62. The fourth-order valence-corrected chi connectivity index (χ4v) is 5.73. The van der Waals surface area contributed by atoms with Crippen molar-refractivity contribution >= 4 is 5.78 Å². The summed E-state index contributed by atoms with van der Waals surface area (Å²) in [5.41, 5.74) is 2.88. The summed E-state index contributed by atoms with van der Waals surface area (Å²) in [6, 6.07) is 5.92. The molecule has 1 aromatic rings. The van der Waals surface area contributed by atoms with Crippen molar-refractivity contribution in [3.05, 3.63) is 29.3 Å². The number of aromatic hydroxyl groups is 1. The van der Waals surface area contributed by atoms with Gasteiger partial charge >= 0.3 is 0 Å². The van der Waals surface area contributed by atoms with Gasteiger partial charge in [0.15, 0.2) is 0 Å². The van der Waals surface area contributed by atoms with Crippen LogP contribution < -0.4 is 0 Å². The molecule has 112 valence electrons. The van der Waals surface area contributed by atoms with Crippen molar-refractivity contribution in [1.29, 1.82) is 0 Å². The van der Waals surface area contributed by atoms with Gasteiger partial charge in [0, 0.05) is 11.8 Å². The van der Waals surface area contributed by atoms with Gasteiger partial charge in [-0.3, -0.25) is 4.79 Å². The first-order valence-electron chi connectivity index (χ1n) is 8.31. The Morgan fingerprint density at radius 2 is 1.71 bits per heavy atom. The number of hydrogen-bond acceptors (Lipinski definition) is 2. The lowest BCUT2D eigenvalue weighted by Crippen LogP contribution is -2.50. The van der Waals surface area contributed by atoms with Gasteiger partial charge in [0.1, 0.15) is 11.5 Å². The number of benzene rings is 1. The van der Waals surface area contributed by atoms with Crippen LogP contribution in [0.3, 0.4) is 0 Å². The van der Waals surface area contributed by atoms with Gasteiger partial charge in [0.05, 0.1) is 0 Å². The SMILES string of the molecule is C[C@]12CC[C@]3(C)c4ccc(O)cc4CC[C@H]3[C@@H]1CCC2=O. The lowest BCUT2D eigenvalue weighted by Gasteiger charge is -2.54. The van der Waals surface area contributed by atoms with Gasteiger partial charge in [0.25, 0.3) is 0 Å². The van der Waals surface area contributed by atoms with E-state index in [0.717, 1.165) is 32.1 Å². The van der Waals surface area contributed by atoms with Crippen molar-refractivity contribution in [2.75, 3.05) is 0 Å². The van der Waals surface area contributed by atoms with Crippen LogP contribution >= 0.6 is 0 Å². The zero-order valence-corrected chi connectivity index (χ0v) is 13.0. The lowest BCUT2D eigenvalue weighted by atomic mass is 9.49. The molecule has 2 nitrogen and oxygen atoms in total. The Morgan fingerprint density at radius 1 is 1.05 bits per heavy atom. The lowest BCUT2D eigenvalue weighted by molar-refractivity contribution is -0.130. The maximum Gasteiger partial charge on any atom is 0.139 e. The van der Waals surface area contributed by atoms with Gasteiger partial charge in [-0.2, -0.15) is 0 Å². The summed E-state index contributed by atoms with van der Waals surface area (Å²) in [5, 5.41) is 9.75. The number of phenolic OH excluding ortho intramolecular Hbond substituents is 1. The minimum absolute atomic E-state index is 0.0569. The maximum atomic E-state index is 12.4. The minimum atomic E-state index is -0.0569. The first-order valence-corrected chi connectivity index (χ1v) is 8.31. The van der Waals surface area contributed by atoms with Crippen LogP contribution in [0.15, 0.2) is 18.2 Å². The third-order valence-corrected chi connectivity index (χ3v) is 7.03. The van der Waals surface area contributed by atoms with Crippen molar-refractivity contribution in [2.45, 2.75) is 57.8 Å². The average Bonchev–Trinajstić information content (AvgIpc) is 2.75. The molecular formula is C19H24O2. The third-order valence-electron chi connectivity index (χ3n) is 7.03. The molecule has 0 amide bonds. The van der Waals surface area contributed by atoms with Crippen molar-refractivity contribution in [3.63, 3.8) is 0 Å². The number of Topliss-reactive ketones (excluding diaryl/α,β-unsaturated/α-hetero) is 1. The van der Waals surface area contributed by atoms with Crippen LogP contribution in [0, 0.1) is 17.3 Å². The summed E-state index contributed by atoms with van der Waals surface area (Å²) in [6.07, 6.45) is 6.22. The quantitative estimate of drug-likeness (QED) is 0.782. The highest BCUT2D eigenvalue weighted by Gasteiger charge is 2.58. The van der Waals surface area contributed by atoms with E-state index in [1.165, 1.54) is 17.5 Å². The third kappa shape index (κ3) is 1.62. The monoisotopic (exact) mass is 284 g/mol. The van der Waals surface area contributed by atoms with E-state index in [1.54, 1.807) is 0 Å². The highest BCUT2D eigenvalue weighted by molar-refractivity contribution is 5.87. The number of phenols is 1. The van der Waals surface area contributed by atoms with E-state index in [4.69, 9.17) is 0 Å². The Kier molecular flexibility index (Phi) is 2.62. The van der Waals surface area contributed by atoms with Crippen molar-refractivity contribution in [3.8, 4) is 5.75 Å². The summed E-state index contributed by atoms with van der Waals surface area (Å²) >= 11 is 0. The first-order chi connectivity index (χ1) is 9.95. The highest BCUT2D eigenvalue weighted by atomic mass is 16.3. The molecule has 1 aromatic carbocycles. The standard InChI is InChI=1S/C19H24O2/c1-18-9-10-19(2)16(7-8-17(19)21)15(18)5-3-12-11-13(20)4-6-14(12)18/h4,6,11,15-16,20H,3,5,7-10H2,1-2H3/t15-,16-,18+,19-/m0/s1. The molecule has 0 aromatic heterocycles. The van der Waals surface area contributed by atoms with Gasteiger partial charge in [0.2, 0.25) is 0 Å². The number of aryl methyl sites for hydroxylation is 1. The van der Waals surface area contributed by atoms with E-state index in [1.807, 2.05) is 12.1 Å². The second kappa shape index (κ2) is 4.12. The molecule has 0 bridgehead atoms. The van der Waals surface area contributed by atoms with Crippen LogP contribution in [0.5, 0.6) is 5.75 Å². The Balaban J connectivity index is 1.80. The average molecular weight is 284 g/mol. The van der Waals surface area contributed by atoms with Crippen LogP contribution in [-0.2, 0) is 16.6 Å². The summed E-state index contributed by atoms with van der Waals surface area (Å²) in [7, 11) is 0. The Bertz CT molecular complexity index is 620. The molecular weight excluding hydrogens is 260 g/mol. The fraction of sp³-hybridized carbons (Fsp3) is 0.632. The smallest absolute Gasteiger partial charge is 0.139 e. The molecule has 2 fully saturated rings. The largest absolute Gasteiger partial charge is 0.508 e. The Hall–Kier alpha value is -1.31. The van der Waals surface area contributed by atoms with Crippen molar-refractivity contribution < 1.29 is 9.90 Å². The number of ketones is 1. The minimum Gasteiger partial charge on any atom is -0.508 e. The van der Waals surface area contributed by atoms with Crippen LogP contribution in [-0.4, -0.2) is 10.9 Å². The molecule has 0 unspecified atom stereocenters. The van der Waals surface area contributed by atoms with Gasteiger partial charge in [-0.15, -0.1) is 0 Å². The molecule has 2 heteroatoms. The molecule has 0 saturated heterocycles. The van der Waals surface area contributed by atoms with Crippen molar-refractivity contribution in [2.24, 2.45) is 17.3 Å². The first kappa shape index (κ1) is 13.4. The molecule has 2 saturated carbocycles. The second-order valence-corrected chi connectivity index (χ2v) is 7.89. The van der Waals surface area contributed by atoms with Gasteiger partial charge in [-0.25, -0.2) is 0 Å². The summed E-state index contributed by atoms with van der Waals surface area (Å²) < 4.78 is 0. The molecule has 0 aliphatic heterocycles. The molecule has 3 aliphatic rings. The van der Waals surface area contributed by atoms with E-state index in [0.29, 0.717) is 23.4 Å². The molecule has 0 radical (unpaired) electrons. The van der Waals surface area contributed by atoms with Crippen LogP contribution in [0.1, 0.15) is 57.1 Å². The summed E-state index contributed by atoms with van der Waals surface area (Å²) in [5.74, 6) is 2.07. The number of rotatable bonds is 0. The second-order valence-electron chi connectivity index (χ2n) is 7.89. The van der Waals surface area contributed by atoms with Gasteiger partial charge < -0.3 is 5.11 Å². The Morgan fingerprint density at radius 3 is 2.52 bits per heavy atom. The van der Waals surface area contributed by atoms with E-state index in [9.17, 15) is 9.90 Å². The predicted molar refractivity (Wildman–Crippen MR) is 82.3 cm³/mol. The topological polar surface area (TPSA) is 37.3 Å². The predicted octanol–water partition coefficient (Wildman–Crippen LogP) is 3.99. The number of carbonyl (C=O) groups excluding carboxylic acids is 1. The van der Waals surface area contributed by atoms with Gasteiger partial charge in [-0.1, -0.05) is 19.9 Å². The summed E-state index contributed by atoms with van der Waals surface area (Å²) in [4.78, 5) is 12.4. The molecule has 21 heavy (non-hydrogen) atoms. The maximum absolute atomic E-state index is 12.4. The molecule has 0 spiro atoms. The van der Waals surface area contributed by atoms with Crippen LogP contribution in [0.25, 0.3) is 0 Å². The molecule has 4 rings (SSSR count). The van der Waals surface area contributed by atoms with Crippen molar-refractivity contribution in [1.82, 2.24) is 0 Å². The number of fused-ring (bicyclic) bond motifs is 5. The molecule has 1 N–H and O–H groups in total. The van der Waals surface area contributed by atoms with E-state index < -0.39 is 0 Å². The van der Waals surface area contributed by atoms with E-state index in [2.05, 4.69) is 19.9 Å². The van der Waals surface area contributed by atoms with E-state index in [-0.39, 0.29) is 10.8 Å². The zero-order valence-electron chi connectivity index (χ0n) is 13.0. The number of hydrogen-bond donors (Lipinski definition) is 1. The fourth-order valence-electron chi connectivity index (χ4n) is 5.73.